The standard InChI is InChI=1S/C15H12N6/c16-10-12-14(17)21(13-8-4-5-9-18-13)20-15(12)19-11-6-2-1-3-7-11/h1-9H,17H2,(H,19,20). The van der Waals surface area contributed by atoms with E-state index in [4.69, 9.17) is 5.73 Å². The van der Waals surface area contributed by atoms with Gasteiger partial charge in [-0.3, -0.25) is 0 Å². The molecule has 0 saturated carbocycles. The van der Waals surface area contributed by atoms with Crippen molar-refractivity contribution in [3.63, 3.8) is 0 Å². The number of hydrogen-bond acceptors (Lipinski definition) is 5. The van der Waals surface area contributed by atoms with E-state index in [2.05, 4.69) is 21.5 Å². The lowest BCUT2D eigenvalue weighted by Gasteiger charge is -2.02. The maximum atomic E-state index is 9.29. The topological polar surface area (TPSA) is 92.5 Å². The van der Waals surface area contributed by atoms with Crippen molar-refractivity contribution >= 4 is 17.3 Å². The van der Waals surface area contributed by atoms with Crippen LogP contribution < -0.4 is 11.1 Å². The van der Waals surface area contributed by atoms with Gasteiger partial charge in [-0.2, -0.15) is 9.94 Å². The van der Waals surface area contributed by atoms with E-state index >= 15 is 0 Å². The predicted octanol–water partition coefficient (Wildman–Crippen LogP) is 2.46. The first-order chi connectivity index (χ1) is 10.3. The van der Waals surface area contributed by atoms with Crippen LogP contribution in [-0.4, -0.2) is 14.8 Å². The second-order valence-electron chi connectivity index (χ2n) is 4.31. The summed E-state index contributed by atoms with van der Waals surface area (Å²) in [5, 5.41) is 16.7. The second kappa shape index (κ2) is 5.35. The van der Waals surface area contributed by atoms with Crippen LogP contribution in [0.5, 0.6) is 0 Å². The quantitative estimate of drug-likeness (QED) is 0.766. The van der Waals surface area contributed by atoms with E-state index in [-0.39, 0.29) is 5.82 Å². The van der Waals surface area contributed by atoms with E-state index in [1.54, 1.807) is 18.3 Å². The number of hydrogen-bond donors (Lipinski definition) is 2. The largest absolute Gasteiger partial charge is 0.382 e. The summed E-state index contributed by atoms with van der Waals surface area (Å²) < 4.78 is 1.45. The third kappa shape index (κ3) is 2.40. The van der Waals surface area contributed by atoms with Gasteiger partial charge in [0.1, 0.15) is 17.5 Å². The lowest BCUT2D eigenvalue weighted by Crippen LogP contribution is -2.04. The molecule has 3 rings (SSSR count). The van der Waals surface area contributed by atoms with Crippen LogP contribution in [0.4, 0.5) is 17.3 Å². The molecule has 102 valence electrons. The fourth-order valence-corrected chi connectivity index (χ4v) is 1.94. The molecule has 6 heteroatoms. The third-order valence-corrected chi connectivity index (χ3v) is 2.94. The van der Waals surface area contributed by atoms with Crippen molar-refractivity contribution in [2.75, 3.05) is 11.1 Å². The summed E-state index contributed by atoms with van der Waals surface area (Å²) in [4.78, 5) is 4.19. The number of nitriles is 1. The molecule has 0 saturated heterocycles. The van der Waals surface area contributed by atoms with Crippen molar-refractivity contribution in [2.45, 2.75) is 0 Å². The smallest absolute Gasteiger partial charge is 0.173 e. The Labute approximate surface area is 121 Å². The van der Waals surface area contributed by atoms with E-state index < -0.39 is 0 Å². The van der Waals surface area contributed by atoms with Crippen LogP contribution in [0.3, 0.4) is 0 Å². The summed E-state index contributed by atoms with van der Waals surface area (Å²) >= 11 is 0. The fraction of sp³-hybridized carbons (Fsp3) is 0. The van der Waals surface area contributed by atoms with Gasteiger partial charge in [0.15, 0.2) is 11.6 Å². The molecule has 0 aliphatic rings. The number of pyridine rings is 1. The molecule has 0 radical (unpaired) electrons. The van der Waals surface area contributed by atoms with Gasteiger partial charge in [-0.05, 0) is 24.3 Å². The molecule has 21 heavy (non-hydrogen) atoms. The molecule has 3 aromatic rings. The molecule has 1 aromatic carbocycles. The van der Waals surface area contributed by atoms with Crippen molar-refractivity contribution in [1.29, 1.82) is 5.26 Å². The third-order valence-electron chi connectivity index (χ3n) is 2.94. The van der Waals surface area contributed by atoms with Gasteiger partial charge in [-0.25, -0.2) is 4.98 Å². The number of rotatable bonds is 3. The SMILES string of the molecule is N#Cc1c(Nc2ccccc2)nn(-c2ccccn2)c1N. The van der Waals surface area contributed by atoms with Crippen molar-refractivity contribution < 1.29 is 0 Å². The lowest BCUT2D eigenvalue weighted by molar-refractivity contribution is 0.860. The summed E-state index contributed by atoms with van der Waals surface area (Å²) in [6.45, 7) is 0. The molecule has 0 aliphatic heterocycles. The molecule has 6 nitrogen and oxygen atoms in total. The number of benzene rings is 1. The summed E-state index contributed by atoms with van der Waals surface area (Å²) in [7, 11) is 0. The molecule has 0 bridgehead atoms. The highest BCUT2D eigenvalue weighted by Gasteiger charge is 2.17. The maximum Gasteiger partial charge on any atom is 0.173 e. The van der Waals surface area contributed by atoms with Crippen LogP contribution in [0, 0.1) is 11.3 Å². The van der Waals surface area contributed by atoms with E-state index in [1.807, 2.05) is 36.4 Å². The zero-order valence-corrected chi connectivity index (χ0v) is 11.1. The molecule has 0 atom stereocenters. The van der Waals surface area contributed by atoms with Gasteiger partial charge in [0, 0.05) is 11.9 Å². The van der Waals surface area contributed by atoms with Crippen molar-refractivity contribution in [2.24, 2.45) is 0 Å². The molecule has 0 aliphatic carbocycles. The normalized spacial score (nSPS) is 10.0. The van der Waals surface area contributed by atoms with Gasteiger partial charge >= 0.3 is 0 Å². The zero-order chi connectivity index (χ0) is 14.7. The molecular weight excluding hydrogens is 264 g/mol. The Balaban J connectivity index is 2.04. The number of nitrogens with two attached hydrogens (primary N) is 1. The summed E-state index contributed by atoms with van der Waals surface area (Å²) in [5.74, 6) is 1.23. The molecule has 2 heterocycles. The predicted molar refractivity (Wildman–Crippen MR) is 80.2 cm³/mol. The van der Waals surface area contributed by atoms with Crippen LogP contribution in [0.25, 0.3) is 5.82 Å². The lowest BCUT2D eigenvalue weighted by atomic mass is 10.3. The molecule has 0 fully saturated rings. The number of nitrogens with zero attached hydrogens (tertiary/aromatic N) is 4. The Bertz CT molecular complexity index is 786. The summed E-state index contributed by atoms with van der Waals surface area (Å²) in [6, 6.07) is 17.0. The minimum Gasteiger partial charge on any atom is -0.382 e. The molecular formula is C15H12N6. The van der Waals surface area contributed by atoms with Crippen LogP contribution in [0.2, 0.25) is 0 Å². The first kappa shape index (κ1) is 12.7. The molecule has 2 aromatic heterocycles. The van der Waals surface area contributed by atoms with Gasteiger partial charge in [0.2, 0.25) is 0 Å². The van der Waals surface area contributed by atoms with Crippen LogP contribution in [-0.2, 0) is 0 Å². The first-order valence-electron chi connectivity index (χ1n) is 6.31. The van der Waals surface area contributed by atoms with Gasteiger partial charge < -0.3 is 11.1 Å². The van der Waals surface area contributed by atoms with Crippen molar-refractivity contribution in [1.82, 2.24) is 14.8 Å². The summed E-state index contributed by atoms with van der Waals surface area (Å²) in [5.41, 5.74) is 7.13. The number of para-hydroxylation sites is 1. The highest BCUT2D eigenvalue weighted by atomic mass is 15.4. The zero-order valence-electron chi connectivity index (χ0n) is 11.1. The van der Waals surface area contributed by atoms with Crippen LogP contribution in [0.1, 0.15) is 5.56 Å². The van der Waals surface area contributed by atoms with Crippen LogP contribution in [0.15, 0.2) is 54.7 Å². The van der Waals surface area contributed by atoms with E-state index in [1.165, 1.54) is 4.68 Å². The highest BCUT2D eigenvalue weighted by molar-refractivity contribution is 5.70. The first-order valence-corrected chi connectivity index (χ1v) is 6.31. The average molecular weight is 276 g/mol. The molecule has 0 spiro atoms. The molecule has 3 N–H and O–H groups in total. The van der Waals surface area contributed by atoms with Gasteiger partial charge in [0.25, 0.3) is 0 Å². The Kier molecular flexibility index (Phi) is 3.23. The monoisotopic (exact) mass is 276 g/mol. The number of nitrogen functional groups attached to an aromatic ring is 1. The van der Waals surface area contributed by atoms with Crippen molar-refractivity contribution in [3.05, 3.63) is 60.3 Å². The average Bonchev–Trinajstić information content (AvgIpc) is 2.85. The van der Waals surface area contributed by atoms with E-state index in [9.17, 15) is 5.26 Å². The minimum atomic E-state index is 0.259. The Morgan fingerprint density at radius 1 is 1.10 bits per heavy atom. The fourth-order valence-electron chi connectivity index (χ4n) is 1.94. The maximum absolute atomic E-state index is 9.29. The number of aromatic nitrogens is 3. The molecule has 0 unspecified atom stereocenters. The Morgan fingerprint density at radius 2 is 1.86 bits per heavy atom. The minimum absolute atomic E-state index is 0.259. The van der Waals surface area contributed by atoms with Gasteiger partial charge in [0.05, 0.1) is 0 Å². The second-order valence-corrected chi connectivity index (χ2v) is 4.31. The highest BCUT2D eigenvalue weighted by Crippen LogP contribution is 2.25. The Morgan fingerprint density at radius 3 is 2.52 bits per heavy atom. The number of anilines is 3. The summed E-state index contributed by atoms with van der Waals surface area (Å²) in [6.07, 6.45) is 1.65. The number of nitrogens with one attached hydrogen (secondary N) is 1. The van der Waals surface area contributed by atoms with E-state index in [0.29, 0.717) is 17.2 Å². The van der Waals surface area contributed by atoms with Gasteiger partial charge in [-0.15, -0.1) is 5.10 Å². The van der Waals surface area contributed by atoms with E-state index in [0.717, 1.165) is 5.69 Å². The molecule has 0 amide bonds. The van der Waals surface area contributed by atoms with Gasteiger partial charge in [-0.1, -0.05) is 24.3 Å². The van der Waals surface area contributed by atoms with Crippen LogP contribution >= 0.6 is 0 Å². The Hall–Kier alpha value is -3.33. The van der Waals surface area contributed by atoms with Crippen molar-refractivity contribution in [3.8, 4) is 11.9 Å².